The van der Waals surface area contributed by atoms with Crippen LogP contribution in [0.1, 0.15) is 36.6 Å². The van der Waals surface area contributed by atoms with E-state index >= 15 is 0 Å². The predicted octanol–water partition coefficient (Wildman–Crippen LogP) is 2.32. The molecule has 1 fully saturated rings. The Morgan fingerprint density at radius 2 is 2.28 bits per heavy atom. The third kappa shape index (κ3) is 3.82. The van der Waals surface area contributed by atoms with Gasteiger partial charge in [-0.1, -0.05) is 6.92 Å². The van der Waals surface area contributed by atoms with Gasteiger partial charge in [0.1, 0.15) is 0 Å². The number of amides is 1. The Morgan fingerprint density at radius 3 is 3.00 bits per heavy atom. The number of thiophene rings is 1. The first-order valence-electron chi connectivity index (χ1n) is 6.82. The van der Waals surface area contributed by atoms with Crippen molar-refractivity contribution in [1.82, 2.24) is 10.6 Å². The number of carbonyl (C=O) groups excluding carboxylic acids is 1. The minimum atomic E-state index is 0.206. The lowest BCUT2D eigenvalue weighted by molar-refractivity contribution is -0.122. The summed E-state index contributed by atoms with van der Waals surface area (Å²) in [6.07, 6.45) is 4.00. The van der Waals surface area contributed by atoms with Crippen LogP contribution in [0.3, 0.4) is 0 Å². The van der Waals surface area contributed by atoms with Crippen molar-refractivity contribution in [1.29, 1.82) is 0 Å². The van der Waals surface area contributed by atoms with Gasteiger partial charge in [0, 0.05) is 11.3 Å². The minimum absolute atomic E-state index is 0.206. The first kappa shape index (κ1) is 13.6. The second-order valence-corrected chi connectivity index (χ2v) is 5.90. The van der Waals surface area contributed by atoms with E-state index < -0.39 is 0 Å². The molecule has 0 radical (unpaired) electrons. The largest absolute Gasteiger partial charge is 0.351 e. The number of hydrogen-bond acceptors (Lipinski definition) is 3. The Morgan fingerprint density at radius 1 is 1.50 bits per heavy atom. The molecule has 3 nitrogen and oxygen atoms in total. The van der Waals surface area contributed by atoms with Crippen molar-refractivity contribution in [2.45, 2.75) is 39.2 Å². The SMILES string of the molecule is CCc1ccsc1CNC(=O)CC1CCNCC1. The molecule has 0 saturated carbocycles. The number of aryl methyl sites for hydroxylation is 1. The zero-order chi connectivity index (χ0) is 12.8. The fourth-order valence-electron chi connectivity index (χ4n) is 2.44. The number of hydrogen-bond donors (Lipinski definition) is 2. The molecule has 18 heavy (non-hydrogen) atoms. The third-order valence-corrected chi connectivity index (χ3v) is 4.56. The van der Waals surface area contributed by atoms with Gasteiger partial charge in [-0.15, -0.1) is 11.3 Å². The summed E-state index contributed by atoms with van der Waals surface area (Å²) in [6.45, 7) is 4.97. The maximum absolute atomic E-state index is 11.9. The Bertz CT molecular complexity index is 383. The fourth-order valence-corrected chi connectivity index (χ4v) is 3.35. The average molecular weight is 266 g/mol. The van der Waals surface area contributed by atoms with E-state index in [1.54, 1.807) is 11.3 Å². The number of carbonyl (C=O) groups is 1. The molecule has 4 heteroatoms. The molecule has 0 spiro atoms. The molecule has 2 N–H and O–H groups in total. The van der Waals surface area contributed by atoms with Gasteiger partial charge >= 0.3 is 0 Å². The van der Waals surface area contributed by atoms with Gasteiger partial charge in [0.15, 0.2) is 0 Å². The van der Waals surface area contributed by atoms with E-state index in [0.717, 1.165) is 32.4 Å². The van der Waals surface area contributed by atoms with E-state index in [0.29, 0.717) is 18.9 Å². The van der Waals surface area contributed by atoms with Crippen molar-refractivity contribution < 1.29 is 4.79 Å². The molecule has 1 aliphatic rings. The third-order valence-electron chi connectivity index (χ3n) is 3.60. The maximum Gasteiger partial charge on any atom is 0.220 e. The maximum atomic E-state index is 11.9. The molecule has 1 amide bonds. The van der Waals surface area contributed by atoms with Crippen LogP contribution in [0.5, 0.6) is 0 Å². The van der Waals surface area contributed by atoms with Crippen LogP contribution in [0.25, 0.3) is 0 Å². The van der Waals surface area contributed by atoms with Crippen molar-refractivity contribution in [2.75, 3.05) is 13.1 Å². The van der Waals surface area contributed by atoms with Gasteiger partial charge in [0.2, 0.25) is 5.91 Å². The van der Waals surface area contributed by atoms with Crippen LogP contribution in [0, 0.1) is 5.92 Å². The van der Waals surface area contributed by atoms with Crippen molar-refractivity contribution in [2.24, 2.45) is 5.92 Å². The molecule has 2 heterocycles. The first-order chi connectivity index (χ1) is 8.79. The van der Waals surface area contributed by atoms with E-state index in [1.165, 1.54) is 10.4 Å². The Labute approximate surface area is 113 Å². The zero-order valence-electron chi connectivity index (χ0n) is 11.0. The molecule has 1 aliphatic heterocycles. The molecular formula is C14H22N2OS. The van der Waals surface area contributed by atoms with E-state index in [9.17, 15) is 4.79 Å². The lowest BCUT2D eigenvalue weighted by Gasteiger charge is -2.21. The molecule has 0 atom stereocenters. The quantitative estimate of drug-likeness (QED) is 0.858. The van der Waals surface area contributed by atoms with Crippen LogP contribution in [0.4, 0.5) is 0 Å². The van der Waals surface area contributed by atoms with Crippen molar-refractivity contribution in [3.05, 3.63) is 21.9 Å². The summed E-state index contributed by atoms with van der Waals surface area (Å²) in [4.78, 5) is 13.2. The van der Waals surface area contributed by atoms with Gasteiger partial charge in [0.05, 0.1) is 6.54 Å². The molecule has 0 bridgehead atoms. The number of nitrogens with one attached hydrogen (secondary N) is 2. The summed E-state index contributed by atoms with van der Waals surface area (Å²) in [5.41, 5.74) is 1.36. The van der Waals surface area contributed by atoms with Crippen LogP contribution in [-0.4, -0.2) is 19.0 Å². The summed E-state index contributed by atoms with van der Waals surface area (Å²) in [5.74, 6) is 0.776. The van der Waals surface area contributed by atoms with Crippen molar-refractivity contribution >= 4 is 17.2 Å². The first-order valence-corrected chi connectivity index (χ1v) is 7.70. The van der Waals surface area contributed by atoms with Crippen LogP contribution in [-0.2, 0) is 17.8 Å². The van der Waals surface area contributed by atoms with Gasteiger partial charge < -0.3 is 10.6 Å². The van der Waals surface area contributed by atoms with Crippen LogP contribution >= 0.6 is 11.3 Å². The summed E-state index contributed by atoms with van der Waals surface area (Å²) >= 11 is 1.74. The molecule has 1 aromatic rings. The molecule has 2 rings (SSSR count). The highest BCUT2D eigenvalue weighted by Crippen LogP contribution is 2.18. The molecule has 0 unspecified atom stereocenters. The zero-order valence-corrected chi connectivity index (χ0v) is 11.8. The lowest BCUT2D eigenvalue weighted by atomic mass is 9.94. The van der Waals surface area contributed by atoms with E-state index in [1.807, 2.05) is 0 Å². The standard InChI is InChI=1S/C14H22N2OS/c1-2-12-5-8-18-13(12)10-16-14(17)9-11-3-6-15-7-4-11/h5,8,11,15H,2-4,6-7,9-10H2,1H3,(H,16,17). The molecular weight excluding hydrogens is 244 g/mol. The average Bonchev–Trinajstić information content (AvgIpc) is 2.85. The monoisotopic (exact) mass is 266 g/mol. The molecule has 100 valence electrons. The summed E-state index contributed by atoms with van der Waals surface area (Å²) in [7, 11) is 0. The highest BCUT2D eigenvalue weighted by Gasteiger charge is 2.16. The van der Waals surface area contributed by atoms with E-state index in [-0.39, 0.29) is 5.91 Å². The van der Waals surface area contributed by atoms with E-state index in [2.05, 4.69) is 29.0 Å². The summed E-state index contributed by atoms with van der Waals surface area (Å²) in [5, 5.41) is 8.49. The molecule has 0 aromatic carbocycles. The number of piperidine rings is 1. The van der Waals surface area contributed by atoms with Crippen molar-refractivity contribution in [3.8, 4) is 0 Å². The fraction of sp³-hybridized carbons (Fsp3) is 0.643. The normalized spacial score (nSPS) is 16.7. The summed E-state index contributed by atoms with van der Waals surface area (Å²) in [6, 6.07) is 2.15. The smallest absolute Gasteiger partial charge is 0.220 e. The second kappa shape index (κ2) is 6.90. The highest BCUT2D eigenvalue weighted by atomic mass is 32.1. The van der Waals surface area contributed by atoms with Gasteiger partial charge in [-0.3, -0.25) is 4.79 Å². The second-order valence-electron chi connectivity index (χ2n) is 4.90. The Hall–Kier alpha value is -0.870. The minimum Gasteiger partial charge on any atom is -0.351 e. The van der Waals surface area contributed by atoms with Gasteiger partial charge in [-0.05, 0) is 55.3 Å². The van der Waals surface area contributed by atoms with Crippen molar-refractivity contribution in [3.63, 3.8) is 0 Å². The van der Waals surface area contributed by atoms with Crippen LogP contribution in [0.2, 0.25) is 0 Å². The topological polar surface area (TPSA) is 41.1 Å². The molecule has 1 saturated heterocycles. The van der Waals surface area contributed by atoms with Crippen LogP contribution < -0.4 is 10.6 Å². The molecule has 1 aromatic heterocycles. The van der Waals surface area contributed by atoms with Gasteiger partial charge in [-0.25, -0.2) is 0 Å². The Kier molecular flexibility index (Phi) is 5.20. The lowest BCUT2D eigenvalue weighted by Crippen LogP contribution is -2.32. The van der Waals surface area contributed by atoms with E-state index in [4.69, 9.17) is 0 Å². The predicted molar refractivity (Wildman–Crippen MR) is 75.8 cm³/mol. The van der Waals surface area contributed by atoms with Crippen LogP contribution in [0.15, 0.2) is 11.4 Å². The Balaban J connectivity index is 1.74. The molecule has 0 aliphatic carbocycles. The van der Waals surface area contributed by atoms with Gasteiger partial charge in [0.25, 0.3) is 0 Å². The highest BCUT2D eigenvalue weighted by molar-refractivity contribution is 7.10. The summed E-state index contributed by atoms with van der Waals surface area (Å²) < 4.78 is 0. The number of rotatable bonds is 5. The van der Waals surface area contributed by atoms with Gasteiger partial charge in [-0.2, -0.15) is 0 Å².